The highest BCUT2D eigenvalue weighted by Gasteiger charge is 2.27. The molecule has 15 heavy (non-hydrogen) atoms. The van der Waals surface area contributed by atoms with E-state index in [-0.39, 0.29) is 6.61 Å². The Bertz CT molecular complexity index is 273. The summed E-state index contributed by atoms with van der Waals surface area (Å²) in [6.45, 7) is -1.40. The summed E-state index contributed by atoms with van der Waals surface area (Å²) in [7, 11) is 0. The van der Waals surface area contributed by atoms with E-state index in [0.29, 0.717) is 12.2 Å². The number of ether oxygens (including phenoxy) is 1. The van der Waals surface area contributed by atoms with E-state index in [1.807, 2.05) is 0 Å². The first kappa shape index (κ1) is 12.0. The van der Waals surface area contributed by atoms with Crippen LogP contribution in [0.25, 0.3) is 0 Å². The van der Waals surface area contributed by atoms with Crippen molar-refractivity contribution in [3.8, 4) is 0 Å². The lowest BCUT2D eigenvalue weighted by Crippen LogP contribution is -2.31. The molecule has 1 rings (SSSR count). The molecule has 86 valence electrons. The van der Waals surface area contributed by atoms with Crippen molar-refractivity contribution < 1.29 is 17.9 Å². The monoisotopic (exact) mass is 223 g/mol. The Labute approximate surface area is 84.6 Å². The first-order chi connectivity index (χ1) is 6.97. The SMILES string of the molecule is NC(COCC(F)(F)F)Cc1ncc[nH]1. The standard InChI is InChI=1S/C8H12F3N3O/c9-8(10,11)5-15-4-6(12)3-7-13-1-2-14-7/h1-2,6H,3-5,12H2,(H,13,14). The highest BCUT2D eigenvalue weighted by molar-refractivity contribution is 4.90. The van der Waals surface area contributed by atoms with Crippen molar-refractivity contribution in [3.05, 3.63) is 18.2 Å². The summed E-state index contributed by atoms with van der Waals surface area (Å²) in [6.07, 6.45) is -0.757. The van der Waals surface area contributed by atoms with Crippen LogP contribution in [0, 0.1) is 0 Å². The van der Waals surface area contributed by atoms with Gasteiger partial charge >= 0.3 is 6.18 Å². The minimum atomic E-state index is -4.30. The fourth-order valence-electron chi connectivity index (χ4n) is 1.04. The van der Waals surface area contributed by atoms with Crippen LogP contribution in [0.2, 0.25) is 0 Å². The van der Waals surface area contributed by atoms with Crippen LogP contribution in [-0.4, -0.2) is 35.4 Å². The quantitative estimate of drug-likeness (QED) is 0.778. The van der Waals surface area contributed by atoms with Crippen molar-refractivity contribution in [1.29, 1.82) is 0 Å². The minimum Gasteiger partial charge on any atom is -0.370 e. The highest BCUT2D eigenvalue weighted by Crippen LogP contribution is 2.14. The van der Waals surface area contributed by atoms with Gasteiger partial charge < -0.3 is 15.5 Å². The Morgan fingerprint density at radius 2 is 2.27 bits per heavy atom. The summed E-state index contributed by atoms with van der Waals surface area (Å²) in [5, 5.41) is 0. The van der Waals surface area contributed by atoms with Crippen molar-refractivity contribution in [2.45, 2.75) is 18.6 Å². The number of aromatic nitrogens is 2. The van der Waals surface area contributed by atoms with E-state index in [9.17, 15) is 13.2 Å². The van der Waals surface area contributed by atoms with E-state index in [1.54, 1.807) is 12.4 Å². The molecule has 1 heterocycles. The first-order valence-electron chi connectivity index (χ1n) is 4.36. The van der Waals surface area contributed by atoms with E-state index >= 15 is 0 Å². The predicted octanol–water partition coefficient (Wildman–Crippen LogP) is 0.858. The number of halogens is 3. The third-order valence-corrected chi connectivity index (χ3v) is 1.61. The van der Waals surface area contributed by atoms with Crippen molar-refractivity contribution in [2.24, 2.45) is 5.73 Å². The molecular weight excluding hydrogens is 211 g/mol. The van der Waals surface area contributed by atoms with Gasteiger partial charge in [0.15, 0.2) is 0 Å². The molecule has 0 aliphatic rings. The molecule has 0 spiro atoms. The second-order valence-corrected chi connectivity index (χ2v) is 3.13. The zero-order valence-electron chi connectivity index (χ0n) is 7.92. The minimum absolute atomic E-state index is 0.139. The second kappa shape index (κ2) is 5.13. The lowest BCUT2D eigenvalue weighted by Gasteiger charge is -2.12. The zero-order chi connectivity index (χ0) is 11.3. The van der Waals surface area contributed by atoms with Crippen molar-refractivity contribution in [2.75, 3.05) is 13.2 Å². The van der Waals surface area contributed by atoms with Crippen LogP contribution in [0.4, 0.5) is 13.2 Å². The summed E-state index contributed by atoms with van der Waals surface area (Å²) in [6, 6.07) is -0.488. The van der Waals surface area contributed by atoms with Gasteiger partial charge in [0.1, 0.15) is 12.4 Å². The molecule has 0 saturated heterocycles. The van der Waals surface area contributed by atoms with Gasteiger partial charge in [0.05, 0.1) is 6.61 Å². The molecule has 1 atom stereocenters. The molecule has 0 amide bonds. The molecule has 1 unspecified atom stereocenters. The van der Waals surface area contributed by atoms with Crippen molar-refractivity contribution in [1.82, 2.24) is 9.97 Å². The van der Waals surface area contributed by atoms with Crippen LogP contribution in [0.1, 0.15) is 5.82 Å². The second-order valence-electron chi connectivity index (χ2n) is 3.13. The molecule has 1 aromatic heterocycles. The summed E-state index contributed by atoms with van der Waals surface area (Å²) < 4.78 is 39.5. The summed E-state index contributed by atoms with van der Waals surface area (Å²) >= 11 is 0. The van der Waals surface area contributed by atoms with Crippen LogP contribution < -0.4 is 5.73 Å². The van der Waals surface area contributed by atoms with Gasteiger partial charge in [-0.2, -0.15) is 13.2 Å². The molecule has 0 bridgehead atoms. The number of alkyl halides is 3. The Hall–Kier alpha value is -1.08. The topological polar surface area (TPSA) is 63.9 Å². The fraction of sp³-hybridized carbons (Fsp3) is 0.625. The number of H-pyrrole nitrogens is 1. The van der Waals surface area contributed by atoms with E-state index in [4.69, 9.17) is 5.73 Å². The summed E-state index contributed by atoms with van der Waals surface area (Å²) in [5.41, 5.74) is 5.54. The summed E-state index contributed by atoms with van der Waals surface area (Å²) in [5.74, 6) is 0.637. The van der Waals surface area contributed by atoms with Crippen LogP contribution >= 0.6 is 0 Å². The number of rotatable bonds is 5. The number of hydrogen-bond donors (Lipinski definition) is 2. The molecule has 0 aliphatic heterocycles. The van der Waals surface area contributed by atoms with Crippen LogP contribution in [0.3, 0.4) is 0 Å². The lowest BCUT2D eigenvalue weighted by molar-refractivity contribution is -0.174. The highest BCUT2D eigenvalue weighted by atomic mass is 19.4. The molecule has 1 aromatic rings. The third-order valence-electron chi connectivity index (χ3n) is 1.61. The maximum atomic E-state index is 11.7. The lowest BCUT2D eigenvalue weighted by atomic mass is 10.2. The zero-order valence-corrected chi connectivity index (χ0v) is 7.92. The van der Waals surface area contributed by atoms with E-state index in [0.717, 1.165) is 0 Å². The molecule has 0 saturated carbocycles. The van der Waals surface area contributed by atoms with Gasteiger partial charge in [-0.3, -0.25) is 0 Å². The predicted molar refractivity (Wildman–Crippen MR) is 47.1 cm³/mol. The van der Waals surface area contributed by atoms with Crippen molar-refractivity contribution in [3.63, 3.8) is 0 Å². The van der Waals surface area contributed by atoms with E-state index in [1.165, 1.54) is 0 Å². The Balaban J connectivity index is 2.17. The molecule has 4 nitrogen and oxygen atoms in total. The van der Waals surface area contributed by atoms with E-state index < -0.39 is 18.8 Å². The van der Waals surface area contributed by atoms with Gasteiger partial charge in [-0.1, -0.05) is 0 Å². The van der Waals surface area contributed by atoms with Crippen molar-refractivity contribution >= 4 is 0 Å². The number of imidazole rings is 1. The molecule has 0 fully saturated rings. The Morgan fingerprint density at radius 3 is 2.80 bits per heavy atom. The smallest absolute Gasteiger partial charge is 0.370 e. The van der Waals surface area contributed by atoms with Crippen LogP contribution in [0.5, 0.6) is 0 Å². The number of hydrogen-bond acceptors (Lipinski definition) is 3. The Morgan fingerprint density at radius 1 is 1.53 bits per heavy atom. The molecule has 0 aromatic carbocycles. The molecule has 7 heteroatoms. The maximum Gasteiger partial charge on any atom is 0.411 e. The summed E-state index contributed by atoms with van der Waals surface area (Å²) in [4.78, 5) is 6.71. The Kier molecular flexibility index (Phi) is 4.10. The van der Waals surface area contributed by atoms with Gasteiger partial charge in [-0.15, -0.1) is 0 Å². The normalized spacial score (nSPS) is 14.1. The largest absolute Gasteiger partial charge is 0.411 e. The average molecular weight is 223 g/mol. The molecular formula is C8H12F3N3O. The average Bonchev–Trinajstić information content (AvgIpc) is 2.54. The molecule has 0 aliphatic carbocycles. The van der Waals surface area contributed by atoms with Gasteiger partial charge in [0.2, 0.25) is 0 Å². The number of nitrogens with two attached hydrogens (primary N) is 1. The molecule has 0 radical (unpaired) electrons. The number of nitrogens with zero attached hydrogens (tertiary/aromatic N) is 1. The van der Waals surface area contributed by atoms with Gasteiger partial charge in [-0.25, -0.2) is 4.98 Å². The number of aromatic amines is 1. The van der Waals surface area contributed by atoms with Gasteiger partial charge in [-0.05, 0) is 0 Å². The van der Waals surface area contributed by atoms with Gasteiger partial charge in [0.25, 0.3) is 0 Å². The maximum absolute atomic E-state index is 11.7. The number of nitrogens with one attached hydrogen (secondary N) is 1. The third kappa shape index (κ3) is 5.38. The molecule has 3 N–H and O–H groups in total. The van der Waals surface area contributed by atoms with Crippen LogP contribution in [0.15, 0.2) is 12.4 Å². The fourth-order valence-corrected chi connectivity index (χ4v) is 1.04. The van der Waals surface area contributed by atoms with Gasteiger partial charge in [0, 0.05) is 24.9 Å². The van der Waals surface area contributed by atoms with E-state index in [2.05, 4.69) is 14.7 Å². The van der Waals surface area contributed by atoms with Crippen LogP contribution in [-0.2, 0) is 11.2 Å². The first-order valence-corrected chi connectivity index (χ1v) is 4.36.